The van der Waals surface area contributed by atoms with E-state index in [4.69, 9.17) is 0 Å². The Bertz CT molecular complexity index is 71.4. The first kappa shape index (κ1) is 16.1. The normalized spacial score (nSPS) is 10.4. The van der Waals surface area contributed by atoms with Gasteiger partial charge in [-0.3, -0.25) is 9.80 Å². The molecule has 0 rings (SSSR count). The zero-order valence-electron chi connectivity index (χ0n) is 7.18. The van der Waals surface area contributed by atoms with Crippen molar-refractivity contribution in [1.82, 2.24) is 9.80 Å². The van der Waals surface area contributed by atoms with E-state index in [2.05, 4.69) is 97.9 Å². The third kappa shape index (κ3) is 32.4. The Morgan fingerprint density at radius 1 is 0.909 bits per heavy atom. The van der Waals surface area contributed by atoms with Gasteiger partial charge >= 0.3 is 64.9 Å². The van der Waals surface area contributed by atoms with Gasteiger partial charge in [0.05, 0.1) is 0 Å². The van der Waals surface area contributed by atoms with Gasteiger partial charge in [-0.25, -0.2) is 0 Å². The van der Waals surface area contributed by atoms with Crippen molar-refractivity contribution < 1.29 is 4.92 Å². The SMILES string of the molecule is CN(C)CN(C)C.[I][V]([I])[I]. The molecule has 0 aliphatic rings. The van der Waals surface area contributed by atoms with Crippen molar-refractivity contribution in [2.45, 2.75) is 0 Å². The number of nitrogens with zero attached hydrogens (tertiary/aromatic N) is 2. The molecule has 0 fully saturated rings. The Balaban J connectivity index is 0. The summed E-state index contributed by atoms with van der Waals surface area (Å²) in [4.78, 5) is 3.97. The Hall–Kier alpha value is 2.69. The molecule has 0 aromatic carbocycles. The zero-order chi connectivity index (χ0) is 9.44. The van der Waals surface area contributed by atoms with Crippen LogP contribution in [0, 0.1) is 0 Å². The van der Waals surface area contributed by atoms with Crippen LogP contribution < -0.4 is 0 Å². The van der Waals surface area contributed by atoms with E-state index in [-0.39, 0.29) is 4.92 Å². The molecule has 0 aromatic rings. The average molecular weight is 534 g/mol. The van der Waals surface area contributed by atoms with Crippen LogP contribution in [-0.4, -0.2) is 44.7 Å². The Morgan fingerprint density at radius 2 is 1.09 bits per heavy atom. The summed E-state index contributed by atoms with van der Waals surface area (Å²) >= 11 is 7.39. The monoisotopic (exact) mass is 534 g/mol. The van der Waals surface area contributed by atoms with E-state index in [9.17, 15) is 0 Å². The van der Waals surface area contributed by atoms with E-state index in [1.807, 2.05) is 0 Å². The molecule has 0 saturated carbocycles. The molecule has 11 heavy (non-hydrogen) atoms. The van der Waals surface area contributed by atoms with Gasteiger partial charge in [-0.05, 0) is 28.2 Å². The van der Waals surface area contributed by atoms with Crippen molar-refractivity contribution in [3.63, 3.8) is 0 Å². The Morgan fingerprint density at radius 3 is 1.09 bits per heavy atom. The number of hydrogen-bond acceptors (Lipinski definition) is 2. The van der Waals surface area contributed by atoms with Crippen molar-refractivity contribution >= 4 is 59.9 Å². The van der Waals surface area contributed by atoms with Crippen LogP contribution in [0.4, 0.5) is 0 Å². The molecule has 0 aromatic heterocycles. The topological polar surface area (TPSA) is 6.48 Å². The first-order chi connectivity index (χ1) is 4.86. The van der Waals surface area contributed by atoms with Crippen LogP contribution in [0.3, 0.4) is 0 Å². The second-order valence-electron chi connectivity index (χ2n) is 2.49. The van der Waals surface area contributed by atoms with Crippen molar-refractivity contribution in [3.8, 4) is 0 Å². The van der Waals surface area contributed by atoms with Crippen LogP contribution in [0.1, 0.15) is 0 Å². The van der Waals surface area contributed by atoms with Gasteiger partial charge in [0, 0.05) is 6.67 Å². The molecule has 0 saturated heterocycles. The molecular formula is C5H14I3N2V. The van der Waals surface area contributed by atoms with Gasteiger partial charge in [0.25, 0.3) is 0 Å². The Labute approximate surface area is 108 Å². The summed E-state index contributed by atoms with van der Waals surface area (Å²) < 4.78 is 0. The molecule has 0 aliphatic heterocycles. The third-order valence-corrected chi connectivity index (χ3v) is 0.566. The van der Waals surface area contributed by atoms with Crippen molar-refractivity contribution in [2.75, 3.05) is 34.9 Å². The van der Waals surface area contributed by atoms with Gasteiger partial charge in [-0.1, -0.05) is 0 Å². The second-order valence-corrected chi connectivity index (χ2v) is 37.9. The van der Waals surface area contributed by atoms with Crippen molar-refractivity contribution in [3.05, 3.63) is 0 Å². The predicted molar refractivity (Wildman–Crippen MR) is 74.3 cm³/mol. The predicted octanol–water partition coefficient (Wildman–Crippen LogP) is 2.72. The first-order valence-corrected chi connectivity index (χ1v) is 16.4. The average Bonchev–Trinajstić information content (AvgIpc) is 1.56. The molecule has 2 nitrogen and oxygen atoms in total. The molecule has 0 amide bonds. The molecule has 0 heterocycles. The van der Waals surface area contributed by atoms with Gasteiger partial charge in [-0.2, -0.15) is 0 Å². The van der Waals surface area contributed by atoms with E-state index in [1.54, 1.807) is 0 Å². The van der Waals surface area contributed by atoms with Gasteiger partial charge < -0.3 is 0 Å². The number of hydrogen-bond donors (Lipinski definition) is 0. The fourth-order valence-corrected chi connectivity index (χ4v) is 0.566. The van der Waals surface area contributed by atoms with Crippen LogP contribution >= 0.6 is 59.9 Å². The Kier molecular flexibility index (Phi) is 15.8. The minimum atomic E-state index is -0.278. The first-order valence-electron chi connectivity index (χ1n) is 2.93. The summed E-state index contributed by atoms with van der Waals surface area (Å²) in [6.07, 6.45) is 0. The van der Waals surface area contributed by atoms with Crippen LogP contribution in [0.25, 0.3) is 0 Å². The molecule has 0 aliphatic carbocycles. The summed E-state index contributed by atoms with van der Waals surface area (Å²) in [5, 5.41) is 0. The fraction of sp³-hybridized carbons (Fsp3) is 1.00. The summed E-state index contributed by atoms with van der Waals surface area (Å²) in [6.45, 7) is 1.03. The molecule has 70 valence electrons. The number of halogens is 3. The number of rotatable bonds is 2. The van der Waals surface area contributed by atoms with Crippen LogP contribution in [0.5, 0.6) is 0 Å². The van der Waals surface area contributed by atoms with Crippen LogP contribution in [0.15, 0.2) is 0 Å². The molecule has 6 heteroatoms. The zero-order valence-corrected chi connectivity index (χ0v) is 15.1. The molecule has 0 atom stereocenters. The van der Waals surface area contributed by atoms with E-state index < -0.39 is 0 Å². The third-order valence-electron chi connectivity index (χ3n) is 0.566. The fourth-order valence-electron chi connectivity index (χ4n) is 0.566. The second kappa shape index (κ2) is 10.8. The molecule has 0 bridgehead atoms. The van der Waals surface area contributed by atoms with Crippen molar-refractivity contribution in [2.24, 2.45) is 0 Å². The van der Waals surface area contributed by atoms with Crippen LogP contribution in [0.2, 0.25) is 0 Å². The van der Waals surface area contributed by atoms with Gasteiger partial charge in [0.1, 0.15) is 0 Å². The maximum atomic E-state index is 2.46. The maximum absolute atomic E-state index is 2.46. The van der Waals surface area contributed by atoms with E-state index >= 15 is 0 Å². The molecule has 0 radical (unpaired) electrons. The van der Waals surface area contributed by atoms with Crippen molar-refractivity contribution in [1.29, 1.82) is 0 Å². The molecule has 0 unspecified atom stereocenters. The van der Waals surface area contributed by atoms with Gasteiger partial charge in [0.15, 0.2) is 0 Å². The molecule has 0 N–H and O–H groups in total. The summed E-state index contributed by atoms with van der Waals surface area (Å²) in [6, 6.07) is 0. The minimum absolute atomic E-state index is 0.278. The van der Waals surface area contributed by atoms with Gasteiger partial charge in [-0.15, -0.1) is 0 Å². The van der Waals surface area contributed by atoms with E-state index in [0.717, 1.165) is 6.67 Å². The van der Waals surface area contributed by atoms with Crippen LogP contribution in [-0.2, 0) is 4.92 Å². The van der Waals surface area contributed by atoms with Gasteiger partial charge in [0.2, 0.25) is 0 Å². The summed E-state index contributed by atoms with van der Waals surface area (Å²) in [5.41, 5.74) is 0. The molecular weight excluding hydrogens is 520 g/mol. The summed E-state index contributed by atoms with van der Waals surface area (Å²) in [7, 11) is 8.22. The standard InChI is InChI=1S/C5H14N2.3HI.V/c1-6(2)5-7(3)4;;;;/h5H2,1-4H3;3*1H;/q;;;;+3/p-3. The van der Waals surface area contributed by atoms with E-state index in [0.29, 0.717) is 0 Å². The van der Waals surface area contributed by atoms with E-state index in [1.165, 1.54) is 0 Å². The summed E-state index contributed by atoms with van der Waals surface area (Å²) in [5.74, 6) is 0. The quantitative estimate of drug-likeness (QED) is 0.398. The molecule has 0 spiro atoms.